The van der Waals surface area contributed by atoms with Gasteiger partial charge < -0.3 is 9.51 Å². The molecule has 1 N–H and O–H groups in total. The van der Waals surface area contributed by atoms with Crippen molar-refractivity contribution in [3.8, 4) is 28.1 Å². The van der Waals surface area contributed by atoms with Crippen molar-refractivity contribution in [3.63, 3.8) is 0 Å². The van der Waals surface area contributed by atoms with Crippen LogP contribution in [0.1, 0.15) is 30.1 Å². The van der Waals surface area contributed by atoms with Crippen molar-refractivity contribution >= 4 is 5.65 Å². The van der Waals surface area contributed by atoms with E-state index in [0.717, 1.165) is 24.5 Å². The minimum Gasteiger partial charge on any atom is -0.507 e. The lowest BCUT2D eigenvalue weighted by atomic mass is 9.95. The Balaban J connectivity index is 1.20. The molecule has 4 aromatic rings. The molecular formula is C25H23F2N5O. The molecule has 2 aliphatic rings. The number of halogens is 2. The molecule has 0 unspecified atom stereocenters. The second kappa shape index (κ2) is 7.31. The summed E-state index contributed by atoms with van der Waals surface area (Å²) in [7, 11) is 0. The highest BCUT2D eigenvalue weighted by Gasteiger charge is 2.46. The summed E-state index contributed by atoms with van der Waals surface area (Å²) >= 11 is 0. The molecule has 0 spiro atoms. The molecule has 1 saturated carbocycles. The molecule has 6 rings (SSSR count). The van der Waals surface area contributed by atoms with E-state index >= 15 is 0 Å². The van der Waals surface area contributed by atoms with Gasteiger partial charge in [0.15, 0.2) is 11.5 Å². The highest BCUT2D eigenvalue weighted by atomic mass is 19.1. The molecule has 1 aliphatic carbocycles. The number of hydrogen-bond acceptors (Lipinski definition) is 5. The first-order valence-electron chi connectivity index (χ1n) is 11.1. The number of benzene rings is 1. The van der Waals surface area contributed by atoms with Crippen LogP contribution in [0.2, 0.25) is 0 Å². The number of aromatic nitrogens is 4. The maximum atomic E-state index is 14.5. The number of pyridine rings is 1. The summed E-state index contributed by atoms with van der Waals surface area (Å²) in [5.41, 5.74) is 3.37. The van der Waals surface area contributed by atoms with Crippen LogP contribution >= 0.6 is 0 Å². The van der Waals surface area contributed by atoms with Gasteiger partial charge >= 0.3 is 0 Å². The fourth-order valence-corrected chi connectivity index (χ4v) is 4.55. The monoisotopic (exact) mass is 447 g/mol. The molecule has 3 aromatic heterocycles. The molecule has 33 heavy (non-hydrogen) atoms. The second-order valence-corrected chi connectivity index (χ2v) is 9.31. The fourth-order valence-electron chi connectivity index (χ4n) is 4.55. The standard InChI is InChI=1S/C25H23F2N5O/c1-15-10-32-13-17(8-20(26)24(32)28-15)16-2-3-19(23(33)9-16)22-5-4-21(29-30-22)18-11-31(12-18)14-25(27)6-7-25/h2-5,8-10,13,18,33H,6-7,11-12,14H2,1H3. The van der Waals surface area contributed by atoms with Crippen LogP contribution in [0.15, 0.2) is 48.8 Å². The first-order valence-corrected chi connectivity index (χ1v) is 11.1. The van der Waals surface area contributed by atoms with Gasteiger partial charge in [0, 0.05) is 49.1 Å². The second-order valence-electron chi connectivity index (χ2n) is 9.31. The van der Waals surface area contributed by atoms with Crippen LogP contribution in [0.5, 0.6) is 5.75 Å². The van der Waals surface area contributed by atoms with E-state index in [2.05, 4.69) is 20.1 Å². The third-order valence-corrected chi connectivity index (χ3v) is 6.59. The van der Waals surface area contributed by atoms with Gasteiger partial charge in [-0.05, 0) is 55.7 Å². The summed E-state index contributed by atoms with van der Waals surface area (Å²) in [6, 6.07) is 10.4. The summed E-state index contributed by atoms with van der Waals surface area (Å²) in [4.78, 5) is 6.30. The maximum Gasteiger partial charge on any atom is 0.173 e. The Morgan fingerprint density at radius 3 is 2.58 bits per heavy atom. The number of rotatable bonds is 5. The third-order valence-electron chi connectivity index (χ3n) is 6.59. The quantitative estimate of drug-likeness (QED) is 0.488. The van der Waals surface area contributed by atoms with Crippen molar-refractivity contribution in [2.75, 3.05) is 19.6 Å². The Morgan fingerprint density at radius 2 is 1.88 bits per heavy atom. The van der Waals surface area contributed by atoms with Gasteiger partial charge in [-0.25, -0.2) is 13.8 Å². The maximum absolute atomic E-state index is 14.5. The van der Waals surface area contributed by atoms with E-state index < -0.39 is 11.5 Å². The number of phenolic OH excluding ortho intramolecular Hbond substituents is 1. The zero-order valence-corrected chi connectivity index (χ0v) is 18.2. The van der Waals surface area contributed by atoms with E-state index in [1.165, 1.54) is 6.07 Å². The van der Waals surface area contributed by atoms with Gasteiger partial charge in [-0.1, -0.05) is 6.07 Å². The van der Waals surface area contributed by atoms with Gasteiger partial charge in [-0.15, -0.1) is 0 Å². The molecule has 6 nitrogen and oxygen atoms in total. The van der Waals surface area contributed by atoms with Crippen LogP contribution in [-0.4, -0.2) is 54.9 Å². The minimum atomic E-state index is -0.959. The minimum absolute atomic E-state index is 0.0457. The van der Waals surface area contributed by atoms with Crippen molar-refractivity contribution in [1.82, 2.24) is 24.5 Å². The molecule has 2 fully saturated rings. The molecule has 8 heteroatoms. The van der Waals surface area contributed by atoms with Crippen LogP contribution in [0.25, 0.3) is 28.0 Å². The number of likely N-dealkylation sites (tertiary alicyclic amines) is 1. The average Bonchev–Trinajstić information content (AvgIpc) is 3.37. The summed E-state index contributed by atoms with van der Waals surface area (Å²) in [5.74, 6) is -0.107. The van der Waals surface area contributed by atoms with Crippen molar-refractivity contribution in [2.24, 2.45) is 0 Å². The summed E-state index contributed by atoms with van der Waals surface area (Å²) in [5, 5.41) is 19.3. The molecule has 0 bridgehead atoms. The number of aryl methyl sites for hydroxylation is 1. The first kappa shape index (κ1) is 20.2. The van der Waals surface area contributed by atoms with Crippen LogP contribution in [0.3, 0.4) is 0 Å². The van der Waals surface area contributed by atoms with Crippen LogP contribution in [0, 0.1) is 12.7 Å². The Morgan fingerprint density at radius 1 is 1.06 bits per heavy atom. The van der Waals surface area contributed by atoms with Crippen LogP contribution in [0.4, 0.5) is 8.78 Å². The van der Waals surface area contributed by atoms with Gasteiger partial charge in [0.2, 0.25) is 0 Å². The summed E-state index contributed by atoms with van der Waals surface area (Å²) < 4.78 is 30.0. The molecule has 0 amide bonds. The average molecular weight is 447 g/mol. The third kappa shape index (κ3) is 3.74. The lowest BCUT2D eigenvalue weighted by Gasteiger charge is -2.39. The van der Waals surface area contributed by atoms with Crippen molar-refractivity contribution in [1.29, 1.82) is 0 Å². The van der Waals surface area contributed by atoms with Crippen molar-refractivity contribution in [3.05, 3.63) is 66.0 Å². The van der Waals surface area contributed by atoms with Crippen molar-refractivity contribution in [2.45, 2.75) is 31.4 Å². The van der Waals surface area contributed by atoms with Crippen molar-refractivity contribution < 1.29 is 13.9 Å². The highest BCUT2D eigenvalue weighted by Crippen LogP contribution is 2.42. The first-order chi connectivity index (χ1) is 15.9. The topological polar surface area (TPSA) is 66.5 Å². The van der Waals surface area contributed by atoms with E-state index in [1.807, 2.05) is 25.1 Å². The molecular weight excluding hydrogens is 424 g/mol. The predicted molar refractivity (Wildman–Crippen MR) is 120 cm³/mol. The molecule has 1 aliphatic heterocycles. The van der Waals surface area contributed by atoms with Gasteiger partial charge in [0.25, 0.3) is 0 Å². The van der Waals surface area contributed by atoms with E-state index in [9.17, 15) is 13.9 Å². The number of aromatic hydroxyl groups is 1. The van der Waals surface area contributed by atoms with E-state index in [-0.39, 0.29) is 17.3 Å². The Hall–Kier alpha value is -3.39. The van der Waals surface area contributed by atoms with Gasteiger partial charge in [-0.2, -0.15) is 10.2 Å². The summed E-state index contributed by atoms with van der Waals surface area (Å²) in [6.45, 7) is 3.94. The molecule has 0 atom stereocenters. The Bertz CT molecular complexity index is 1360. The number of imidazole rings is 1. The van der Waals surface area contributed by atoms with Gasteiger partial charge in [0.1, 0.15) is 11.4 Å². The largest absolute Gasteiger partial charge is 0.507 e. The van der Waals surface area contributed by atoms with E-state index in [0.29, 0.717) is 41.8 Å². The Labute approximate surface area is 189 Å². The number of phenols is 1. The molecule has 0 radical (unpaired) electrons. The van der Waals surface area contributed by atoms with Gasteiger partial charge in [-0.3, -0.25) is 4.90 Å². The lowest BCUT2D eigenvalue weighted by molar-refractivity contribution is 0.0957. The number of alkyl halides is 1. The fraction of sp³-hybridized carbons (Fsp3) is 0.320. The lowest BCUT2D eigenvalue weighted by Crippen LogP contribution is -2.48. The Kier molecular flexibility index (Phi) is 4.48. The number of hydrogen-bond donors (Lipinski definition) is 1. The molecule has 1 saturated heterocycles. The molecule has 168 valence electrons. The molecule has 4 heterocycles. The zero-order valence-electron chi connectivity index (χ0n) is 18.2. The number of nitrogens with zero attached hydrogens (tertiary/aromatic N) is 5. The zero-order chi connectivity index (χ0) is 22.7. The molecule has 1 aromatic carbocycles. The summed E-state index contributed by atoms with van der Waals surface area (Å²) in [6.07, 6.45) is 4.91. The van der Waals surface area contributed by atoms with E-state index in [4.69, 9.17) is 0 Å². The SMILES string of the molecule is Cc1cn2cc(-c3ccc(-c4ccc(C5CN(CC6(F)CC6)C5)nn4)c(O)c3)cc(F)c2n1. The highest BCUT2D eigenvalue weighted by molar-refractivity contribution is 5.74. The van der Waals surface area contributed by atoms with Crippen LogP contribution in [-0.2, 0) is 0 Å². The van der Waals surface area contributed by atoms with Crippen LogP contribution < -0.4 is 0 Å². The predicted octanol–water partition coefficient (Wildman–Crippen LogP) is 4.51. The normalized spacial score (nSPS) is 17.9. The van der Waals surface area contributed by atoms with Gasteiger partial charge in [0.05, 0.1) is 17.1 Å². The van der Waals surface area contributed by atoms with E-state index in [1.54, 1.807) is 28.9 Å². The number of fused-ring (bicyclic) bond motifs is 1. The smallest absolute Gasteiger partial charge is 0.173 e.